The largest absolute Gasteiger partial charge is 0.323 e. The Hall–Kier alpha value is -4.07. The summed E-state index contributed by atoms with van der Waals surface area (Å²) >= 11 is 0. The Bertz CT molecular complexity index is 1280. The standard InChI is InChI=1S/C21H16N6O2/c1-26-24-21(23-25-26)14-6-4-7-15(11-14)27-17-10-9-13-5-2-3-8-16(13)20(17)22-18(28)12-19(27)29/h2-11H,12H2,1H3,(H,22,28). The van der Waals surface area contributed by atoms with Crippen LogP contribution in [0.3, 0.4) is 0 Å². The molecule has 1 aromatic heterocycles. The van der Waals surface area contributed by atoms with Gasteiger partial charge in [0.15, 0.2) is 0 Å². The van der Waals surface area contributed by atoms with Gasteiger partial charge in [-0.15, -0.1) is 10.2 Å². The Labute approximate surface area is 165 Å². The number of rotatable bonds is 2. The second-order valence-corrected chi connectivity index (χ2v) is 6.79. The number of benzene rings is 3. The molecule has 0 spiro atoms. The average Bonchev–Trinajstić information content (AvgIpc) is 3.10. The minimum absolute atomic E-state index is 0.239. The van der Waals surface area contributed by atoms with Crippen LogP contribution in [0.5, 0.6) is 0 Å². The maximum absolute atomic E-state index is 13.0. The molecule has 1 aliphatic rings. The van der Waals surface area contributed by atoms with Crippen LogP contribution in [-0.4, -0.2) is 32.0 Å². The summed E-state index contributed by atoms with van der Waals surface area (Å²) in [6, 6.07) is 18.9. The number of hydrogen-bond donors (Lipinski definition) is 1. The topological polar surface area (TPSA) is 93.0 Å². The third kappa shape index (κ3) is 2.91. The van der Waals surface area contributed by atoms with Crippen LogP contribution >= 0.6 is 0 Å². The average molecular weight is 384 g/mol. The molecule has 5 rings (SSSR count). The highest BCUT2D eigenvalue weighted by molar-refractivity contribution is 6.21. The van der Waals surface area contributed by atoms with E-state index in [0.29, 0.717) is 22.9 Å². The first-order valence-electron chi connectivity index (χ1n) is 9.09. The number of nitrogens with one attached hydrogen (secondary N) is 1. The monoisotopic (exact) mass is 384 g/mol. The lowest BCUT2D eigenvalue weighted by molar-refractivity contribution is -0.124. The maximum Gasteiger partial charge on any atom is 0.241 e. The summed E-state index contributed by atoms with van der Waals surface area (Å²) in [6.07, 6.45) is -0.239. The van der Waals surface area contributed by atoms with E-state index in [-0.39, 0.29) is 18.2 Å². The first-order valence-corrected chi connectivity index (χ1v) is 9.09. The lowest BCUT2D eigenvalue weighted by atomic mass is 10.1. The SMILES string of the molecule is Cn1nnc(-c2cccc(N3C(=O)CC(=O)Nc4c3ccc3ccccc43)c2)n1. The molecule has 8 heteroatoms. The van der Waals surface area contributed by atoms with E-state index < -0.39 is 0 Å². The van der Waals surface area contributed by atoms with E-state index in [4.69, 9.17) is 0 Å². The molecular formula is C21H16N6O2. The van der Waals surface area contributed by atoms with Crippen molar-refractivity contribution in [3.8, 4) is 11.4 Å². The number of aryl methyl sites for hydroxylation is 1. The molecule has 0 unspecified atom stereocenters. The van der Waals surface area contributed by atoms with Crippen LogP contribution in [0.1, 0.15) is 6.42 Å². The van der Waals surface area contributed by atoms with Crippen molar-refractivity contribution in [3.63, 3.8) is 0 Å². The zero-order valence-corrected chi connectivity index (χ0v) is 15.5. The van der Waals surface area contributed by atoms with E-state index in [9.17, 15) is 9.59 Å². The molecule has 3 aromatic carbocycles. The highest BCUT2D eigenvalue weighted by atomic mass is 16.2. The van der Waals surface area contributed by atoms with Gasteiger partial charge in [-0.05, 0) is 28.8 Å². The molecule has 1 N–H and O–H groups in total. The van der Waals surface area contributed by atoms with E-state index in [1.807, 2.05) is 60.7 Å². The fourth-order valence-electron chi connectivity index (χ4n) is 3.58. The van der Waals surface area contributed by atoms with Crippen molar-refractivity contribution in [3.05, 3.63) is 60.7 Å². The molecule has 0 bridgehead atoms. The number of tetrazole rings is 1. The molecular weight excluding hydrogens is 368 g/mol. The Morgan fingerprint density at radius 2 is 1.86 bits per heavy atom. The van der Waals surface area contributed by atoms with Crippen molar-refractivity contribution in [2.24, 2.45) is 7.05 Å². The third-order valence-corrected chi connectivity index (χ3v) is 4.84. The van der Waals surface area contributed by atoms with Crippen molar-refractivity contribution >= 4 is 39.6 Å². The lowest BCUT2D eigenvalue weighted by Gasteiger charge is -2.23. The number of carbonyl (C=O) groups is 2. The van der Waals surface area contributed by atoms with Crippen LogP contribution in [0, 0.1) is 0 Å². The Morgan fingerprint density at radius 1 is 1.00 bits per heavy atom. The number of nitrogens with zero attached hydrogens (tertiary/aromatic N) is 5. The van der Waals surface area contributed by atoms with Crippen LogP contribution in [0.25, 0.3) is 22.2 Å². The van der Waals surface area contributed by atoms with Gasteiger partial charge in [-0.2, -0.15) is 4.80 Å². The van der Waals surface area contributed by atoms with Gasteiger partial charge in [0.25, 0.3) is 0 Å². The second kappa shape index (κ2) is 6.52. The number of anilines is 3. The number of aromatic nitrogens is 4. The Balaban J connectivity index is 1.70. The summed E-state index contributed by atoms with van der Waals surface area (Å²) in [5.74, 6) is -0.174. The van der Waals surface area contributed by atoms with Gasteiger partial charge in [0.05, 0.1) is 18.4 Å². The zero-order chi connectivity index (χ0) is 20.0. The number of amides is 2. The lowest BCUT2D eigenvalue weighted by Crippen LogP contribution is -2.26. The quantitative estimate of drug-likeness (QED) is 0.536. The minimum atomic E-state index is -0.332. The van der Waals surface area contributed by atoms with Crippen molar-refractivity contribution in [2.75, 3.05) is 10.2 Å². The van der Waals surface area contributed by atoms with E-state index >= 15 is 0 Å². The first kappa shape index (κ1) is 17.1. The fraction of sp³-hybridized carbons (Fsp3) is 0.0952. The van der Waals surface area contributed by atoms with Crippen molar-refractivity contribution in [1.82, 2.24) is 20.2 Å². The summed E-state index contributed by atoms with van der Waals surface area (Å²) in [5, 5.41) is 16.9. The smallest absolute Gasteiger partial charge is 0.241 e. The minimum Gasteiger partial charge on any atom is -0.323 e. The summed E-state index contributed by atoms with van der Waals surface area (Å²) in [6.45, 7) is 0. The number of carbonyl (C=O) groups excluding carboxylic acids is 2. The second-order valence-electron chi connectivity index (χ2n) is 6.79. The molecule has 2 heterocycles. The van der Waals surface area contributed by atoms with Gasteiger partial charge in [-0.25, -0.2) is 0 Å². The highest BCUT2D eigenvalue weighted by Crippen LogP contribution is 2.40. The molecule has 0 saturated heterocycles. The van der Waals surface area contributed by atoms with Gasteiger partial charge in [-0.3, -0.25) is 14.5 Å². The molecule has 142 valence electrons. The normalized spacial score (nSPS) is 13.9. The molecule has 4 aromatic rings. The van der Waals surface area contributed by atoms with E-state index in [1.165, 1.54) is 4.80 Å². The van der Waals surface area contributed by atoms with Gasteiger partial charge in [-0.1, -0.05) is 42.5 Å². The van der Waals surface area contributed by atoms with E-state index in [2.05, 4.69) is 20.7 Å². The molecule has 0 saturated carbocycles. The molecule has 29 heavy (non-hydrogen) atoms. The van der Waals surface area contributed by atoms with Crippen molar-refractivity contribution in [1.29, 1.82) is 0 Å². The van der Waals surface area contributed by atoms with Gasteiger partial charge >= 0.3 is 0 Å². The summed E-state index contributed by atoms with van der Waals surface area (Å²) in [7, 11) is 1.69. The molecule has 0 fully saturated rings. The van der Waals surface area contributed by atoms with Crippen LogP contribution in [0.15, 0.2) is 60.7 Å². The van der Waals surface area contributed by atoms with Crippen molar-refractivity contribution in [2.45, 2.75) is 6.42 Å². The molecule has 0 radical (unpaired) electrons. The van der Waals surface area contributed by atoms with Crippen molar-refractivity contribution < 1.29 is 9.59 Å². The maximum atomic E-state index is 13.0. The Morgan fingerprint density at radius 3 is 2.69 bits per heavy atom. The van der Waals surface area contributed by atoms with Gasteiger partial charge in [0.2, 0.25) is 17.6 Å². The van der Waals surface area contributed by atoms with Crippen LogP contribution < -0.4 is 10.2 Å². The van der Waals surface area contributed by atoms with E-state index in [0.717, 1.165) is 16.3 Å². The number of hydrogen-bond acceptors (Lipinski definition) is 5. The molecule has 8 nitrogen and oxygen atoms in total. The van der Waals surface area contributed by atoms with Crippen LogP contribution in [0.4, 0.5) is 17.1 Å². The van der Waals surface area contributed by atoms with Crippen LogP contribution in [-0.2, 0) is 16.6 Å². The van der Waals surface area contributed by atoms with Gasteiger partial charge in [0.1, 0.15) is 6.42 Å². The van der Waals surface area contributed by atoms with E-state index in [1.54, 1.807) is 11.9 Å². The van der Waals surface area contributed by atoms with Gasteiger partial charge in [0, 0.05) is 16.6 Å². The fourth-order valence-corrected chi connectivity index (χ4v) is 3.58. The molecule has 2 amide bonds. The predicted octanol–water partition coefficient (Wildman–Crippen LogP) is 3.04. The summed E-state index contributed by atoms with van der Waals surface area (Å²) in [5.41, 5.74) is 2.62. The number of fused-ring (bicyclic) bond motifs is 3. The highest BCUT2D eigenvalue weighted by Gasteiger charge is 2.29. The predicted molar refractivity (Wildman–Crippen MR) is 109 cm³/mol. The first-order chi connectivity index (χ1) is 14.1. The molecule has 0 atom stereocenters. The summed E-state index contributed by atoms with van der Waals surface area (Å²) < 4.78 is 0. The molecule has 1 aliphatic heterocycles. The third-order valence-electron chi connectivity index (χ3n) is 4.84. The molecule has 0 aliphatic carbocycles. The van der Waals surface area contributed by atoms with Crippen LogP contribution in [0.2, 0.25) is 0 Å². The Kier molecular flexibility index (Phi) is 3.83. The zero-order valence-electron chi connectivity index (χ0n) is 15.5. The van der Waals surface area contributed by atoms with Gasteiger partial charge < -0.3 is 5.32 Å². The summed E-state index contributed by atoms with van der Waals surface area (Å²) in [4.78, 5) is 28.3.